The maximum absolute atomic E-state index is 11.3. The van der Waals surface area contributed by atoms with Crippen LogP contribution in [0.2, 0.25) is 0 Å². The summed E-state index contributed by atoms with van der Waals surface area (Å²) in [7, 11) is 1.63. The molecule has 0 aliphatic carbocycles. The second-order valence-electron chi connectivity index (χ2n) is 13.6. The SMILES string of the molecule is CCCCC(CC)COc1ccc(-c2nc(-c3ccc(OC)cc3)nc(-c3ccc(OCC(CC)CCCC)cc3OCc3ccccc3)n2)c(O)c1. The quantitative estimate of drug-likeness (QED) is 0.0801. The highest BCUT2D eigenvalue weighted by Gasteiger charge is 2.19. The van der Waals surface area contributed by atoms with E-state index in [9.17, 15) is 5.11 Å². The number of phenols is 1. The number of aromatic nitrogens is 3. The number of methoxy groups -OCH3 is 1. The molecule has 0 spiro atoms. The van der Waals surface area contributed by atoms with E-state index >= 15 is 0 Å². The average molecular weight is 718 g/mol. The molecule has 8 nitrogen and oxygen atoms in total. The van der Waals surface area contributed by atoms with Crippen LogP contribution in [0.1, 0.15) is 84.6 Å². The fourth-order valence-electron chi connectivity index (χ4n) is 6.13. The number of nitrogens with zero attached hydrogens (tertiary/aromatic N) is 3. The van der Waals surface area contributed by atoms with Gasteiger partial charge in [-0.15, -0.1) is 0 Å². The molecule has 1 aromatic heterocycles. The van der Waals surface area contributed by atoms with Crippen molar-refractivity contribution in [2.24, 2.45) is 11.8 Å². The van der Waals surface area contributed by atoms with E-state index in [1.165, 1.54) is 19.3 Å². The van der Waals surface area contributed by atoms with Crippen molar-refractivity contribution in [2.45, 2.75) is 85.7 Å². The van der Waals surface area contributed by atoms with Gasteiger partial charge >= 0.3 is 0 Å². The molecule has 0 aliphatic rings. The summed E-state index contributed by atoms with van der Waals surface area (Å²) in [6.07, 6.45) is 9.08. The minimum atomic E-state index is 0.0276. The largest absolute Gasteiger partial charge is 0.507 e. The molecule has 53 heavy (non-hydrogen) atoms. The van der Waals surface area contributed by atoms with Crippen LogP contribution in [0.3, 0.4) is 0 Å². The lowest BCUT2D eigenvalue weighted by Crippen LogP contribution is -2.11. The molecular weight excluding hydrogens is 663 g/mol. The number of rotatable bonds is 21. The molecule has 0 saturated heterocycles. The molecule has 1 heterocycles. The second-order valence-corrected chi connectivity index (χ2v) is 13.6. The minimum absolute atomic E-state index is 0.0276. The molecule has 0 radical (unpaired) electrons. The van der Waals surface area contributed by atoms with Crippen LogP contribution >= 0.6 is 0 Å². The predicted octanol–water partition coefficient (Wildman–Crippen LogP) is 11.4. The Morgan fingerprint density at radius 1 is 0.585 bits per heavy atom. The van der Waals surface area contributed by atoms with Crippen molar-refractivity contribution in [3.8, 4) is 62.9 Å². The van der Waals surface area contributed by atoms with Gasteiger partial charge in [-0.1, -0.05) is 96.6 Å². The maximum atomic E-state index is 11.3. The van der Waals surface area contributed by atoms with Gasteiger partial charge in [0.15, 0.2) is 17.5 Å². The normalized spacial score (nSPS) is 12.2. The molecule has 0 bridgehead atoms. The fraction of sp³-hybridized carbons (Fsp3) is 0.400. The van der Waals surface area contributed by atoms with Gasteiger partial charge in [-0.05, 0) is 78.8 Å². The standard InChI is InChI=1S/C45H55N3O5/c1-6-10-15-32(8-3)29-51-37-23-25-39(41(49)27-37)44-46-43(35-19-21-36(50-5)22-20-35)47-45(48-44)40-26-24-38(52-30-33(9-4)16-11-7-2)28-42(40)53-31-34-17-13-12-14-18-34/h12-14,17-28,32-33,49H,6-11,15-16,29-31H2,1-5H3. The van der Waals surface area contributed by atoms with Crippen molar-refractivity contribution < 1.29 is 24.1 Å². The van der Waals surface area contributed by atoms with Crippen molar-refractivity contribution in [1.29, 1.82) is 0 Å². The number of ether oxygens (including phenoxy) is 4. The predicted molar refractivity (Wildman–Crippen MR) is 213 cm³/mol. The minimum Gasteiger partial charge on any atom is -0.507 e. The molecule has 8 heteroatoms. The molecule has 0 amide bonds. The van der Waals surface area contributed by atoms with Crippen LogP contribution in [-0.4, -0.2) is 40.4 Å². The van der Waals surface area contributed by atoms with Gasteiger partial charge < -0.3 is 24.1 Å². The van der Waals surface area contributed by atoms with Gasteiger partial charge in [0.05, 0.1) is 31.5 Å². The number of unbranched alkanes of at least 4 members (excludes halogenated alkanes) is 2. The lowest BCUT2D eigenvalue weighted by atomic mass is 10.0. The highest BCUT2D eigenvalue weighted by atomic mass is 16.5. The lowest BCUT2D eigenvalue weighted by Gasteiger charge is -2.18. The van der Waals surface area contributed by atoms with Crippen LogP contribution in [0.15, 0.2) is 91.0 Å². The van der Waals surface area contributed by atoms with Crippen molar-refractivity contribution in [3.05, 3.63) is 96.6 Å². The van der Waals surface area contributed by atoms with Crippen LogP contribution in [0.25, 0.3) is 34.2 Å². The Balaban J connectivity index is 1.53. The lowest BCUT2D eigenvalue weighted by molar-refractivity contribution is 0.231. The molecule has 0 saturated carbocycles. The number of aromatic hydroxyl groups is 1. The van der Waals surface area contributed by atoms with Crippen molar-refractivity contribution in [2.75, 3.05) is 20.3 Å². The Bertz CT molecular complexity index is 1850. The first kappa shape index (κ1) is 39.1. The van der Waals surface area contributed by atoms with E-state index in [1.54, 1.807) is 19.2 Å². The third-order valence-corrected chi connectivity index (χ3v) is 9.68. The third-order valence-electron chi connectivity index (χ3n) is 9.68. The Morgan fingerprint density at radius 3 is 1.70 bits per heavy atom. The van der Waals surface area contributed by atoms with Gasteiger partial charge in [-0.3, -0.25) is 0 Å². The number of benzene rings is 4. The number of hydrogen-bond donors (Lipinski definition) is 1. The Labute approximate surface area is 315 Å². The van der Waals surface area contributed by atoms with Gasteiger partial charge in [0.25, 0.3) is 0 Å². The monoisotopic (exact) mass is 717 g/mol. The molecule has 0 aliphatic heterocycles. The fourth-order valence-corrected chi connectivity index (χ4v) is 6.13. The van der Waals surface area contributed by atoms with Gasteiger partial charge in [-0.2, -0.15) is 0 Å². The van der Waals surface area contributed by atoms with E-state index in [-0.39, 0.29) is 5.75 Å². The zero-order valence-corrected chi connectivity index (χ0v) is 32.0. The summed E-state index contributed by atoms with van der Waals surface area (Å²) in [5, 5.41) is 11.3. The summed E-state index contributed by atoms with van der Waals surface area (Å²) in [5.41, 5.74) is 2.96. The molecule has 5 rings (SSSR count). The summed E-state index contributed by atoms with van der Waals surface area (Å²) in [5.74, 6) is 4.82. The Kier molecular flexibility index (Phi) is 14.9. The van der Waals surface area contributed by atoms with Gasteiger partial charge in [0.1, 0.15) is 35.4 Å². The van der Waals surface area contributed by atoms with Crippen molar-refractivity contribution in [1.82, 2.24) is 15.0 Å². The maximum Gasteiger partial charge on any atom is 0.167 e. The summed E-state index contributed by atoms with van der Waals surface area (Å²) < 4.78 is 24.4. The summed E-state index contributed by atoms with van der Waals surface area (Å²) >= 11 is 0. The molecule has 5 aromatic rings. The van der Waals surface area contributed by atoms with Crippen LogP contribution in [0.5, 0.6) is 28.7 Å². The van der Waals surface area contributed by atoms with Crippen LogP contribution < -0.4 is 18.9 Å². The first-order chi connectivity index (χ1) is 25.9. The Morgan fingerprint density at radius 2 is 1.13 bits per heavy atom. The van der Waals surface area contributed by atoms with Gasteiger partial charge in [-0.25, -0.2) is 15.0 Å². The summed E-state index contributed by atoms with van der Waals surface area (Å²) in [6.45, 7) is 10.4. The third kappa shape index (κ3) is 11.2. The van der Waals surface area contributed by atoms with E-state index in [0.29, 0.717) is 71.8 Å². The molecule has 2 unspecified atom stereocenters. The van der Waals surface area contributed by atoms with E-state index in [2.05, 4.69) is 27.7 Å². The van der Waals surface area contributed by atoms with E-state index in [0.717, 1.165) is 54.7 Å². The van der Waals surface area contributed by atoms with E-state index in [4.69, 9.17) is 33.9 Å². The molecular formula is C45H55N3O5. The van der Waals surface area contributed by atoms with Crippen LogP contribution in [-0.2, 0) is 6.61 Å². The molecule has 2 atom stereocenters. The Hall–Kier alpha value is -5.11. The summed E-state index contributed by atoms with van der Waals surface area (Å²) in [4.78, 5) is 14.8. The van der Waals surface area contributed by atoms with Crippen LogP contribution in [0, 0.1) is 11.8 Å². The first-order valence-corrected chi connectivity index (χ1v) is 19.2. The topological polar surface area (TPSA) is 95.8 Å². The molecule has 4 aromatic carbocycles. The zero-order valence-electron chi connectivity index (χ0n) is 32.0. The average Bonchev–Trinajstić information content (AvgIpc) is 3.20. The highest BCUT2D eigenvalue weighted by molar-refractivity contribution is 5.73. The first-order valence-electron chi connectivity index (χ1n) is 19.2. The molecule has 1 N–H and O–H groups in total. The molecule has 280 valence electrons. The van der Waals surface area contributed by atoms with Crippen molar-refractivity contribution >= 4 is 0 Å². The van der Waals surface area contributed by atoms with E-state index in [1.807, 2.05) is 78.9 Å². The highest BCUT2D eigenvalue weighted by Crippen LogP contribution is 2.37. The van der Waals surface area contributed by atoms with Crippen LogP contribution in [0.4, 0.5) is 0 Å². The molecule has 0 fully saturated rings. The number of hydrogen-bond acceptors (Lipinski definition) is 8. The summed E-state index contributed by atoms with van der Waals surface area (Å²) in [6, 6.07) is 28.7. The number of phenolic OH excluding ortho intramolecular Hbond substituents is 1. The van der Waals surface area contributed by atoms with Gasteiger partial charge in [0.2, 0.25) is 0 Å². The zero-order chi connectivity index (χ0) is 37.4. The van der Waals surface area contributed by atoms with Crippen molar-refractivity contribution in [3.63, 3.8) is 0 Å². The smallest absolute Gasteiger partial charge is 0.167 e. The van der Waals surface area contributed by atoms with E-state index < -0.39 is 0 Å². The second kappa shape index (κ2) is 20.2. The van der Waals surface area contributed by atoms with Gasteiger partial charge in [0, 0.05) is 17.7 Å².